The maximum atomic E-state index is 11.2. The first-order valence-corrected chi connectivity index (χ1v) is 6.44. The van der Waals surface area contributed by atoms with Gasteiger partial charge in [0.2, 0.25) is 10.0 Å². The van der Waals surface area contributed by atoms with Crippen LogP contribution in [0.4, 0.5) is 0 Å². The van der Waals surface area contributed by atoms with E-state index < -0.39 is 10.0 Å². The van der Waals surface area contributed by atoms with Gasteiger partial charge in [0, 0.05) is 20.3 Å². The SMILES string of the molecule is CCS(=O)(=O)NCC(C)(C)CCOC. The van der Waals surface area contributed by atoms with Gasteiger partial charge >= 0.3 is 0 Å². The number of rotatable bonds is 7. The van der Waals surface area contributed by atoms with Crippen molar-refractivity contribution in [1.82, 2.24) is 4.72 Å². The molecule has 0 fully saturated rings. The number of hydrogen-bond donors (Lipinski definition) is 1. The smallest absolute Gasteiger partial charge is 0.211 e. The Morgan fingerprint density at radius 2 is 1.93 bits per heavy atom. The second kappa shape index (κ2) is 5.68. The zero-order valence-electron chi connectivity index (χ0n) is 9.46. The number of sulfonamides is 1. The zero-order chi connectivity index (χ0) is 11.2. The number of nitrogens with one attached hydrogen (secondary N) is 1. The van der Waals surface area contributed by atoms with Crippen molar-refractivity contribution in [3.8, 4) is 0 Å². The summed E-state index contributed by atoms with van der Waals surface area (Å²) in [5.74, 6) is 0.132. The summed E-state index contributed by atoms with van der Waals surface area (Å²) >= 11 is 0. The van der Waals surface area contributed by atoms with E-state index in [0.29, 0.717) is 13.2 Å². The van der Waals surface area contributed by atoms with Gasteiger partial charge in [0.1, 0.15) is 0 Å². The number of ether oxygens (including phenoxy) is 1. The summed E-state index contributed by atoms with van der Waals surface area (Å²) in [5.41, 5.74) is -0.0573. The molecule has 0 spiro atoms. The van der Waals surface area contributed by atoms with E-state index in [1.807, 2.05) is 13.8 Å². The predicted molar refractivity (Wildman–Crippen MR) is 57.7 cm³/mol. The molecule has 0 atom stereocenters. The highest BCUT2D eigenvalue weighted by Gasteiger charge is 2.19. The maximum absolute atomic E-state index is 11.2. The van der Waals surface area contributed by atoms with Gasteiger partial charge in [0.25, 0.3) is 0 Å². The molecule has 0 aliphatic carbocycles. The number of methoxy groups -OCH3 is 1. The Kier molecular flexibility index (Phi) is 5.63. The lowest BCUT2D eigenvalue weighted by molar-refractivity contribution is 0.153. The van der Waals surface area contributed by atoms with Crippen LogP contribution in [-0.2, 0) is 14.8 Å². The minimum atomic E-state index is -3.07. The molecule has 5 heteroatoms. The van der Waals surface area contributed by atoms with E-state index in [1.54, 1.807) is 14.0 Å². The van der Waals surface area contributed by atoms with Gasteiger partial charge in [-0.05, 0) is 18.8 Å². The number of hydrogen-bond acceptors (Lipinski definition) is 3. The largest absolute Gasteiger partial charge is 0.385 e. The summed E-state index contributed by atoms with van der Waals surface area (Å²) in [6.07, 6.45) is 0.843. The Morgan fingerprint density at radius 3 is 2.36 bits per heavy atom. The van der Waals surface area contributed by atoms with E-state index in [2.05, 4.69) is 4.72 Å². The lowest BCUT2D eigenvalue weighted by Crippen LogP contribution is -2.35. The standard InChI is InChI=1S/C9H21NO3S/c1-5-14(11,12)10-8-9(2,3)6-7-13-4/h10H,5-8H2,1-4H3. The fourth-order valence-electron chi connectivity index (χ4n) is 0.874. The van der Waals surface area contributed by atoms with Crippen LogP contribution in [0.15, 0.2) is 0 Å². The third-order valence-electron chi connectivity index (χ3n) is 2.13. The second-order valence-electron chi connectivity index (χ2n) is 4.13. The summed E-state index contributed by atoms with van der Waals surface area (Å²) in [6, 6.07) is 0. The highest BCUT2D eigenvalue weighted by Crippen LogP contribution is 2.18. The molecule has 0 unspecified atom stereocenters. The normalized spacial score (nSPS) is 13.1. The Hall–Kier alpha value is -0.130. The molecule has 1 N–H and O–H groups in total. The third-order valence-corrected chi connectivity index (χ3v) is 3.48. The molecule has 0 bridgehead atoms. The second-order valence-corrected chi connectivity index (χ2v) is 6.23. The maximum Gasteiger partial charge on any atom is 0.211 e. The summed E-state index contributed by atoms with van der Waals surface area (Å²) in [4.78, 5) is 0. The summed E-state index contributed by atoms with van der Waals surface area (Å²) in [6.45, 7) is 6.78. The first-order chi connectivity index (χ1) is 6.33. The summed E-state index contributed by atoms with van der Waals surface area (Å²) in [7, 11) is -1.42. The fourth-order valence-corrected chi connectivity index (χ4v) is 1.69. The predicted octanol–water partition coefficient (Wildman–Crippen LogP) is 0.988. The summed E-state index contributed by atoms with van der Waals surface area (Å²) in [5, 5.41) is 0. The van der Waals surface area contributed by atoms with Crippen molar-refractivity contribution >= 4 is 10.0 Å². The van der Waals surface area contributed by atoms with Crippen molar-refractivity contribution in [3.63, 3.8) is 0 Å². The van der Waals surface area contributed by atoms with E-state index >= 15 is 0 Å². The molecular weight excluding hydrogens is 202 g/mol. The van der Waals surface area contributed by atoms with Crippen LogP contribution in [0.25, 0.3) is 0 Å². The third kappa shape index (κ3) is 6.34. The molecule has 0 amide bonds. The molecule has 0 aromatic heterocycles. The molecule has 0 heterocycles. The molecule has 0 aromatic carbocycles. The molecule has 0 saturated heterocycles. The van der Waals surface area contributed by atoms with Crippen LogP contribution < -0.4 is 4.72 Å². The van der Waals surface area contributed by atoms with E-state index in [0.717, 1.165) is 6.42 Å². The molecule has 0 rings (SSSR count). The highest BCUT2D eigenvalue weighted by molar-refractivity contribution is 7.89. The molecule has 86 valence electrons. The van der Waals surface area contributed by atoms with Gasteiger partial charge < -0.3 is 4.74 Å². The molecule has 14 heavy (non-hydrogen) atoms. The van der Waals surface area contributed by atoms with Gasteiger partial charge in [0.15, 0.2) is 0 Å². The highest BCUT2D eigenvalue weighted by atomic mass is 32.2. The zero-order valence-corrected chi connectivity index (χ0v) is 10.3. The van der Waals surface area contributed by atoms with Crippen molar-refractivity contribution in [2.24, 2.45) is 5.41 Å². The first-order valence-electron chi connectivity index (χ1n) is 4.79. The molecule has 0 radical (unpaired) electrons. The van der Waals surface area contributed by atoms with Crippen molar-refractivity contribution in [2.45, 2.75) is 27.2 Å². The lowest BCUT2D eigenvalue weighted by atomic mass is 9.90. The average molecular weight is 223 g/mol. The monoisotopic (exact) mass is 223 g/mol. The van der Waals surface area contributed by atoms with Crippen LogP contribution in [0.1, 0.15) is 27.2 Å². The van der Waals surface area contributed by atoms with Crippen molar-refractivity contribution in [2.75, 3.05) is 26.0 Å². The van der Waals surface area contributed by atoms with Crippen molar-refractivity contribution < 1.29 is 13.2 Å². The van der Waals surface area contributed by atoms with Gasteiger partial charge in [-0.1, -0.05) is 13.8 Å². The Bertz CT molecular complexity index is 247. The van der Waals surface area contributed by atoms with E-state index in [9.17, 15) is 8.42 Å². The van der Waals surface area contributed by atoms with Crippen LogP contribution in [0.3, 0.4) is 0 Å². The Morgan fingerprint density at radius 1 is 1.36 bits per heavy atom. The molecule has 4 nitrogen and oxygen atoms in total. The van der Waals surface area contributed by atoms with Crippen molar-refractivity contribution in [3.05, 3.63) is 0 Å². The molecule has 0 aliphatic heterocycles. The van der Waals surface area contributed by atoms with Gasteiger partial charge in [-0.25, -0.2) is 13.1 Å². The molecule has 0 saturated carbocycles. The Balaban J connectivity index is 3.98. The van der Waals surface area contributed by atoms with E-state index in [1.165, 1.54) is 0 Å². The van der Waals surface area contributed by atoms with Gasteiger partial charge in [-0.3, -0.25) is 0 Å². The molecular formula is C9H21NO3S. The van der Waals surface area contributed by atoms with Gasteiger partial charge in [0.05, 0.1) is 5.75 Å². The van der Waals surface area contributed by atoms with Crippen LogP contribution in [-0.4, -0.2) is 34.4 Å². The van der Waals surface area contributed by atoms with Crippen LogP contribution in [0.5, 0.6) is 0 Å². The minimum Gasteiger partial charge on any atom is -0.385 e. The summed E-state index contributed by atoms with van der Waals surface area (Å²) < 4.78 is 29.9. The van der Waals surface area contributed by atoms with Crippen LogP contribution in [0, 0.1) is 5.41 Å². The average Bonchev–Trinajstić information content (AvgIpc) is 2.12. The van der Waals surface area contributed by atoms with Gasteiger partial charge in [-0.2, -0.15) is 0 Å². The van der Waals surface area contributed by atoms with E-state index in [-0.39, 0.29) is 11.2 Å². The Labute approximate surface area is 87.1 Å². The van der Waals surface area contributed by atoms with Crippen LogP contribution in [0.2, 0.25) is 0 Å². The van der Waals surface area contributed by atoms with Gasteiger partial charge in [-0.15, -0.1) is 0 Å². The van der Waals surface area contributed by atoms with Crippen LogP contribution >= 0.6 is 0 Å². The first kappa shape index (κ1) is 13.9. The minimum absolute atomic E-state index is 0.0573. The quantitative estimate of drug-likeness (QED) is 0.700. The van der Waals surface area contributed by atoms with E-state index in [4.69, 9.17) is 4.74 Å². The fraction of sp³-hybridized carbons (Fsp3) is 1.00. The topological polar surface area (TPSA) is 55.4 Å². The van der Waals surface area contributed by atoms with Crippen molar-refractivity contribution in [1.29, 1.82) is 0 Å². The molecule has 0 aromatic rings. The molecule has 0 aliphatic rings. The lowest BCUT2D eigenvalue weighted by Gasteiger charge is -2.24.